The Bertz CT molecular complexity index is 1130. The molecular formula is C24H23N5O2. The molecule has 0 saturated heterocycles. The van der Waals surface area contributed by atoms with Crippen LogP contribution in [-0.4, -0.2) is 21.7 Å². The Hall–Kier alpha value is -3.92. The highest BCUT2D eigenvalue weighted by Gasteiger charge is 2.40. The van der Waals surface area contributed by atoms with Crippen molar-refractivity contribution >= 4 is 11.7 Å². The van der Waals surface area contributed by atoms with Crippen LogP contribution in [0.3, 0.4) is 0 Å². The summed E-state index contributed by atoms with van der Waals surface area (Å²) in [7, 11) is 0. The van der Waals surface area contributed by atoms with Crippen molar-refractivity contribution in [1.82, 2.24) is 15.4 Å². The smallest absolute Gasteiger partial charge is 0.270 e. The number of carbonyl (C=O) groups is 2. The predicted octanol–water partition coefficient (Wildman–Crippen LogP) is 3.09. The number of aryl methyl sites for hydroxylation is 1. The molecule has 1 aromatic carbocycles. The second kappa shape index (κ2) is 8.44. The summed E-state index contributed by atoms with van der Waals surface area (Å²) in [5, 5.41) is 11.4. The van der Waals surface area contributed by atoms with Gasteiger partial charge < -0.3 is 5.73 Å². The van der Waals surface area contributed by atoms with Gasteiger partial charge in [0.05, 0.1) is 17.6 Å². The van der Waals surface area contributed by atoms with Gasteiger partial charge in [-0.1, -0.05) is 31.2 Å². The first kappa shape index (κ1) is 20.4. The molecule has 1 amide bonds. The predicted molar refractivity (Wildman–Crippen MR) is 115 cm³/mol. The maximum absolute atomic E-state index is 13.0. The summed E-state index contributed by atoms with van der Waals surface area (Å²) < 4.78 is 0. The van der Waals surface area contributed by atoms with Crippen LogP contribution < -0.4 is 11.2 Å². The zero-order chi connectivity index (χ0) is 22.0. The molecule has 1 unspecified atom stereocenters. The Kier molecular flexibility index (Phi) is 5.54. The maximum atomic E-state index is 13.0. The Morgan fingerprint density at radius 1 is 1.23 bits per heavy atom. The Morgan fingerprint density at radius 2 is 1.94 bits per heavy atom. The Labute approximate surface area is 180 Å². The molecule has 0 fully saturated rings. The molecule has 1 aromatic heterocycles. The quantitative estimate of drug-likeness (QED) is 0.797. The van der Waals surface area contributed by atoms with Crippen LogP contribution in [0.1, 0.15) is 53.6 Å². The molecule has 0 spiro atoms. The Balaban J connectivity index is 1.80. The van der Waals surface area contributed by atoms with Crippen molar-refractivity contribution in [2.75, 3.05) is 0 Å². The number of hydrogen-bond donors (Lipinski definition) is 2. The van der Waals surface area contributed by atoms with Crippen molar-refractivity contribution < 1.29 is 9.59 Å². The van der Waals surface area contributed by atoms with Crippen LogP contribution in [-0.2, 0) is 11.2 Å². The molecule has 1 aliphatic carbocycles. The first-order valence-electron chi connectivity index (χ1n) is 10.3. The average molecular weight is 413 g/mol. The Morgan fingerprint density at radius 3 is 2.58 bits per heavy atom. The number of hydrazine groups is 1. The summed E-state index contributed by atoms with van der Waals surface area (Å²) in [6, 6.07) is 13.3. The molecule has 7 heteroatoms. The maximum Gasteiger partial charge on any atom is 0.270 e. The number of hydrogen-bond acceptors (Lipinski definition) is 6. The van der Waals surface area contributed by atoms with Crippen LogP contribution >= 0.6 is 0 Å². The number of allylic oxidation sites excluding steroid dienone is 3. The number of ketones is 1. The van der Waals surface area contributed by atoms with E-state index in [4.69, 9.17) is 5.73 Å². The number of carbonyl (C=O) groups excluding carboxylic acids is 2. The number of Topliss-reactive ketones (excluding diaryl/α,β-unsaturated/α-hetero) is 1. The number of nitrogens with zero attached hydrogens (tertiary/aromatic N) is 3. The van der Waals surface area contributed by atoms with Gasteiger partial charge >= 0.3 is 0 Å². The second-order valence-electron chi connectivity index (χ2n) is 7.59. The number of nitrogens with two attached hydrogens (primary N) is 1. The molecule has 2 heterocycles. The van der Waals surface area contributed by atoms with Gasteiger partial charge in [0.1, 0.15) is 5.82 Å². The summed E-state index contributed by atoms with van der Waals surface area (Å²) in [6.07, 6.45) is 5.60. The van der Waals surface area contributed by atoms with Crippen molar-refractivity contribution in [3.8, 4) is 6.07 Å². The van der Waals surface area contributed by atoms with Crippen molar-refractivity contribution in [3.05, 3.63) is 88.1 Å². The minimum absolute atomic E-state index is 0.0192. The van der Waals surface area contributed by atoms with E-state index in [1.165, 1.54) is 23.0 Å². The van der Waals surface area contributed by atoms with E-state index in [0.29, 0.717) is 36.1 Å². The van der Waals surface area contributed by atoms with Gasteiger partial charge in [-0.25, -0.2) is 5.01 Å². The SMILES string of the molecule is CCc1ccc(C2C(C#N)=C(N)N(NC(=O)c3ccncc3)C3=C2C(=O)CCC3)cc1. The second-order valence-corrected chi connectivity index (χ2v) is 7.59. The number of aromatic nitrogens is 1. The average Bonchev–Trinajstić information content (AvgIpc) is 2.81. The lowest BCUT2D eigenvalue weighted by atomic mass is 9.76. The van der Waals surface area contributed by atoms with E-state index < -0.39 is 11.8 Å². The lowest BCUT2D eigenvalue weighted by Crippen LogP contribution is -2.48. The van der Waals surface area contributed by atoms with Crippen LogP contribution in [0.2, 0.25) is 0 Å². The van der Waals surface area contributed by atoms with Crippen molar-refractivity contribution in [3.63, 3.8) is 0 Å². The van der Waals surface area contributed by atoms with Crippen molar-refractivity contribution in [1.29, 1.82) is 5.26 Å². The summed E-state index contributed by atoms with van der Waals surface area (Å²) in [5.41, 5.74) is 13.1. The topological polar surface area (TPSA) is 112 Å². The minimum atomic E-state index is -0.534. The van der Waals surface area contributed by atoms with Crippen LogP contribution in [0.5, 0.6) is 0 Å². The number of amides is 1. The summed E-state index contributed by atoms with van der Waals surface area (Å²) in [4.78, 5) is 29.7. The van der Waals surface area contributed by atoms with Crippen molar-refractivity contribution in [2.24, 2.45) is 5.73 Å². The highest BCUT2D eigenvalue weighted by atomic mass is 16.2. The standard InChI is InChI=1S/C24H23N5O2/c1-2-15-6-8-16(9-7-15)21-18(14-25)23(26)29(19-4-3-5-20(30)22(19)21)28-24(31)17-10-12-27-13-11-17/h6-13,21H,2-5,26H2,1H3,(H,28,31). The van der Waals surface area contributed by atoms with E-state index in [0.717, 1.165) is 12.0 Å². The van der Waals surface area contributed by atoms with E-state index in [9.17, 15) is 14.9 Å². The zero-order valence-electron chi connectivity index (χ0n) is 17.3. The first-order valence-corrected chi connectivity index (χ1v) is 10.3. The lowest BCUT2D eigenvalue weighted by molar-refractivity contribution is -0.116. The third-order valence-corrected chi connectivity index (χ3v) is 5.79. The molecule has 1 atom stereocenters. The molecule has 1 aliphatic heterocycles. The van der Waals surface area contributed by atoms with Gasteiger partial charge in [0.25, 0.3) is 5.91 Å². The van der Waals surface area contributed by atoms with Crippen LogP contribution in [0.15, 0.2) is 71.5 Å². The largest absolute Gasteiger partial charge is 0.383 e. The molecule has 7 nitrogen and oxygen atoms in total. The fourth-order valence-electron chi connectivity index (χ4n) is 4.16. The molecule has 0 saturated carbocycles. The van der Waals surface area contributed by atoms with Crippen LogP contribution in [0.4, 0.5) is 0 Å². The van der Waals surface area contributed by atoms with Crippen molar-refractivity contribution in [2.45, 2.75) is 38.5 Å². The van der Waals surface area contributed by atoms with E-state index in [2.05, 4.69) is 23.4 Å². The first-order chi connectivity index (χ1) is 15.0. The number of rotatable bonds is 4. The van der Waals surface area contributed by atoms with E-state index in [1.54, 1.807) is 12.1 Å². The fraction of sp³-hybridized carbons (Fsp3) is 0.250. The molecule has 156 valence electrons. The monoisotopic (exact) mass is 413 g/mol. The van der Waals surface area contributed by atoms with Gasteiger partial charge in [0.15, 0.2) is 5.78 Å². The lowest BCUT2D eigenvalue weighted by Gasteiger charge is -2.39. The van der Waals surface area contributed by atoms with Gasteiger partial charge in [-0.05, 0) is 42.5 Å². The molecule has 3 N–H and O–H groups in total. The number of benzene rings is 1. The van der Waals surface area contributed by atoms with Gasteiger partial charge in [0, 0.05) is 35.6 Å². The molecule has 2 aromatic rings. The molecular weight excluding hydrogens is 390 g/mol. The fourth-order valence-corrected chi connectivity index (χ4v) is 4.16. The summed E-state index contributed by atoms with van der Waals surface area (Å²) in [6.45, 7) is 2.07. The third-order valence-electron chi connectivity index (χ3n) is 5.79. The van der Waals surface area contributed by atoms with Crippen LogP contribution in [0.25, 0.3) is 0 Å². The van der Waals surface area contributed by atoms with Gasteiger partial charge in [-0.3, -0.25) is 20.0 Å². The van der Waals surface area contributed by atoms with E-state index >= 15 is 0 Å². The van der Waals surface area contributed by atoms with E-state index in [1.807, 2.05) is 24.3 Å². The van der Waals surface area contributed by atoms with Gasteiger partial charge in [-0.15, -0.1) is 0 Å². The van der Waals surface area contributed by atoms with Gasteiger partial charge in [0.2, 0.25) is 0 Å². The normalized spacial score (nSPS) is 18.5. The summed E-state index contributed by atoms with van der Waals surface area (Å²) >= 11 is 0. The zero-order valence-corrected chi connectivity index (χ0v) is 17.3. The highest BCUT2D eigenvalue weighted by Crippen LogP contribution is 2.44. The molecule has 0 bridgehead atoms. The molecule has 4 rings (SSSR count). The van der Waals surface area contributed by atoms with E-state index in [-0.39, 0.29) is 17.2 Å². The third kappa shape index (κ3) is 3.68. The van der Waals surface area contributed by atoms with Gasteiger partial charge in [-0.2, -0.15) is 5.26 Å². The summed E-state index contributed by atoms with van der Waals surface area (Å²) in [5.74, 6) is -0.803. The molecule has 2 aliphatic rings. The number of pyridine rings is 1. The molecule has 0 radical (unpaired) electrons. The van der Waals surface area contributed by atoms with Crippen LogP contribution in [0, 0.1) is 11.3 Å². The number of nitrogens with one attached hydrogen (secondary N) is 1. The number of nitriles is 1. The molecule has 31 heavy (non-hydrogen) atoms. The highest BCUT2D eigenvalue weighted by molar-refractivity contribution is 6.00. The minimum Gasteiger partial charge on any atom is -0.383 e.